The number of nitrogen functional groups attached to an aromatic ring is 1. The van der Waals surface area contributed by atoms with Gasteiger partial charge in [0.15, 0.2) is 0 Å². The summed E-state index contributed by atoms with van der Waals surface area (Å²) in [6, 6.07) is 0.489. The summed E-state index contributed by atoms with van der Waals surface area (Å²) in [5.41, 5.74) is 5.81. The molecule has 1 rings (SSSR count). The highest BCUT2D eigenvalue weighted by Crippen LogP contribution is 2.24. The second-order valence-electron chi connectivity index (χ2n) is 4.99. The van der Waals surface area contributed by atoms with E-state index in [9.17, 15) is 0 Å². The van der Waals surface area contributed by atoms with Crippen molar-refractivity contribution in [2.24, 2.45) is 5.41 Å². The average molecular weight is 228 g/mol. The van der Waals surface area contributed by atoms with E-state index in [-0.39, 0.29) is 5.41 Å². The Morgan fingerprint density at radius 2 is 2.00 bits per heavy atom. The first-order chi connectivity index (χ1) is 6.80. The minimum atomic E-state index is 0.269. The molecular weight excluding hydrogens is 208 g/mol. The van der Waals surface area contributed by atoms with Gasteiger partial charge in [-0.2, -0.15) is 0 Å². The lowest BCUT2D eigenvalue weighted by molar-refractivity contribution is 0.134. The SMILES string of the molecule is CC(N(C)Cc1nnc(N)s1)C(C)(C)C. The molecule has 0 aromatic carbocycles. The van der Waals surface area contributed by atoms with E-state index in [2.05, 4.69) is 49.8 Å². The van der Waals surface area contributed by atoms with E-state index in [1.807, 2.05) is 0 Å². The largest absolute Gasteiger partial charge is 0.374 e. The van der Waals surface area contributed by atoms with Crippen LogP contribution in [0.1, 0.15) is 32.7 Å². The summed E-state index contributed by atoms with van der Waals surface area (Å²) < 4.78 is 0. The summed E-state index contributed by atoms with van der Waals surface area (Å²) in [6.45, 7) is 9.76. The predicted octanol–water partition coefficient (Wildman–Crippen LogP) is 1.99. The third-order valence-electron chi connectivity index (χ3n) is 2.78. The topological polar surface area (TPSA) is 55.0 Å². The molecule has 1 aromatic heterocycles. The van der Waals surface area contributed by atoms with Crippen LogP contribution in [0, 0.1) is 5.41 Å². The van der Waals surface area contributed by atoms with Crippen molar-refractivity contribution >= 4 is 16.5 Å². The lowest BCUT2D eigenvalue weighted by atomic mass is 9.87. The summed E-state index contributed by atoms with van der Waals surface area (Å²) >= 11 is 1.46. The van der Waals surface area contributed by atoms with Crippen molar-refractivity contribution in [2.75, 3.05) is 12.8 Å². The highest BCUT2D eigenvalue weighted by molar-refractivity contribution is 7.15. The van der Waals surface area contributed by atoms with Crippen molar-refractivity contribution in [1.29, 1.82) is 0 Å². The Hall–Kier alpha value is -0.680. The number of aromatic nitrogens is 2. The molecule has 15 heavy (non-hydrogen) atoms. The number of nitrogens with two attached hydrogens (primary N) is 1. The van der Waals surface area contributed by atoms with Gasteiger partial charge in [-0.05, 0) is 19.4 Å². The van der Waals surface area contributed by atoms with E-state index in [1.165, 1.54) is 11.3 Å². The second kappa shape index (κ2) is 4.45. The van der Waals surface area contributed by atoms with Gasteiger partial charge in [0, 0.05) is 6.04 Å². The fourth-order valence-electron chi connectivity index (χ4n) is 1.34. The third kappa shape index (κ3) is 3.43. The van der Waals surface area contributed by atoms with E-state index < -0.39 is 0 Å². The number of hydrogen-bond donors (Lipinski definition) is 1. The van der Waals surface area contributed by atoms with E-state index in [4.69, 9.17) is 5.73 Å². The van der Waals surface area contributed by atoms with Crippen LogP contribution >= 0.6 is 11.3 Å². The van der Waals surface area contributed by atoms with Crippen LogP contribution in [-0.4, -0.2) is 28.2 Å². The highest BCUT2D eigenvalue weighted by atomic mass is 32.1. The average Bonchev–Trinajstić information content (AvgIpc) is 2.48. The minimum absolute atomic E-state index is 0.269. The normalized spacial score (nSPS) is 14.5. The monoisotopic (exact) mass is 228 g/mol. The van der Waals surface area contributed by atoms with Crippen LogP contribution in [0.15, 0.2) is 0 Å². The number of anilines is 1. The lowest BCUT2D eigenvalue weighted by Gasteiger charge is -2.34. The van der Waals surface area contributed by atoms with Crippen LogP contribution in [0.25, 0.3) is 0 Å². The van der Waals surface area contributed by atoms with Crippen LogP contribution in [0.3, 0.4) is 0 Å². The Bertz CT molecular complexity index is 315. The Kier molecular flexibility index (Phi) is 3.67. The molecule has 0 fully saturated rings. The van der Waals surface area contributed by atoms with Crippen LogP contribution in [0.5, 0.6) is 0 Å². The van der Waals surface area contributed by atoms with E-state index in [0.29, 0.717) is 11.2 Å². The van der Waals surface area contributed by atoms with Crippen molar-refractivity contribution in [3.8, 4) is 0 Å². The van der Waals surface area contributed by atoms with Gasteiger partial charge in [0.2, 0.25) is 5.13 Å². The van der Waals surface area contributed by atoms with Crippen molar-refractivity contribution in [1.82, 2.24) is 15.1 Å². The Morgan fingerprint density at radius 1 is 1.40 bits per heavy atom. The van der Waals surface area contributed by atoms with Crippen molar-refractivity contribution in [2.45, 2.75) is 40.3 Å². The molecular formula is C10H20N4S. The summed E-state index contributed by atoms with van der Waals surface area (Å²) in [7, 11) is 2.10. The molecule has 0 aliphatic heterocycles. The zero-order chi connectivity index (χ0) is 11.6. The molecule has 0 aliphatic carbocycles. The molecule has 0 bridgehead atoms. The molecule has 5 heteroatoms. The maximum Gasteiger partial charge on any atom is 0.203 e. The molecule has 1 atom stereocenters. The molecule has 4 nitrogen and oxygen atoms in total. The summed E-state index contributed by atoms with van der Waals surface area (Å²) in [5.74, 6) is 0. The maximum atomic E-state index is 5.54. The standard InChI is InChI=1S/C10H20N4S/c1-7(10(2,3)4)14(5)6-8-12-13-9(11)15-8/h7H,6H2,1-5H3,(H2,11,13). The van der Waals surface area contributed by atoms with Crippen LogP contribution in [0.4, 0.5) is 5.13 Å². The Morgan fingerprint density at radius 3 is 2.40 bits per heavy atom. The Balaban J connectivity index is 2.59. The van der Waals surface area contributed by atoms with E-state index >= 15 is 0 Å². The summed E-state index contributed by atoms with van der Waals surface area (Å²) in [5, 5.41) is 9.35. The first-order valence-electron chi connectivity index (χ1n) is 5.09. The number of hydrogen-bond acceptors (Lipinski definition) is 5. The molecule has 0 aliphatic rings. The minimum Gasteiger partial charge on any atom is -0.374 e. The van der Waals surface area contributed by atoms with Crippen molar-refractivity contribution in [3.63, 3.8) is 0 Å². The van der Waals surface area contributed by atoms with Crippen molar-refractivity contribution in [3.05, 3.63) is 5.01 Å². The van der Waals surface area contributed by atoms with Gasteiger partial charge in [-0.25, -0.2) is 0 Å². The molecule has 2 N–H and O–H groups in total. The third-order valence-corrected chi connectivity index (χ3v) is 3.52. The molecule has 0 saturated heterocycles. The Labute approximate surface area is 95.5 Å². The van der Waals surface area contributed by atoms with Gasteiger partial charge in [-0.3, -0.25) is 4.90 Å². The van der Waals surface area contributed by atoms with Gasteiger partial charge in [-0.1, -0.05) is 32.1 Å². The smallest absolute Gasteiger partial charge is 0.203 e. The van der Waals surface area contributed by atoms with Gasteiger partial charge >= 0.3 is 0 Å². The first kappa shape index (κ1) is 12.4. The molecule has 0 radical (unpaired) electrons. The van der Waals surface area contributed by atoms with E-state index in [0.717, 1.165) is 11.6 Å². The molecule has 0 saturated carbocycles. The molecule has 1 heterocycles. The lowest BCUT2D eigenvalue weighted by Crippen LogP contribution is -2.38. The fourth-order valence-corrected chi connectivity index (χ4v) is 2.01. The maximum absolute atomic E-state index is 5.54. The summed E-state index contributed by atoms with van der Waals surface area (Å²) in [6.07, 6.45) is 0. The number of nitrogens with zero attached hydrogens (tertiary/aromatic N) is 3. The molecule has 0 amide bonds. The second-order valence-corrected chi connectivity index (χ2v) is 6.08. The van der Waals surface area contributed by atoms with E-state index in [1.54, 1.807) is 0 Å². The zero-order valence-electron chi connectivity index (χ0n) is 10.1. The molecule has 1 unspecified atom stereocenters. The zero-order valence-corrected chi connectivity index (χ0v) is 10.9. The van der Waals surface area contributed by atoms with Crippen LogP contribution < -0.4 is 5.73 Å². The molecule has 86 valence electrons. The van der Waals surface area contributed by atoms with Crippen LogP contribution in [-0.2, 0) is 6.54 Å². The van der Waals surface area contributed by atoms with Gasteiger partial charge in [0.05, 0.1) is 6.54 Å². The van der Waals surface area contributed by atoms with Gasteiger partial charge in [0.1, 0.15) is 5.01 Å². The van der Waals surface area contributed by atoms with Crippen molar-refractivity contribution < 1.29 is 0 Å². The number of rotatable bonds is 3. The highest BCUT2D eigenvalue weighted by Gasteiger charge is 2.24. The molecule has 1 aromatic rings. The summed E-state index contributed by atoms with van der Waals surface area (Å²) in [4.78, 5) is 2.28. The van der Waals surface area contributed by atoms with Crippen LogP contribution in [0.2, 0.25) is 0 Å². The van der Waals surface area contributed by atoms with Gasteiger partial charge in [-0.15, -0.1) is 10.2 Å². The first-order valence-corrected chi connectivity index (χ1v) is 5.90. The quantitative estimate of drug-likeness (QED) is 0.859. The predicted molar refractivity (Wildman–Crippen MR) is 64.7 cm³/mol. The van der Waals surface area contributed by atoms with Gasteiger partial charge < -0.3 is 5.73 Å². The van der Waals surface area contributed by atoms with Gasteiger partial charge in [0.25, 0.3) is 0 Å². The fraction of sp³-hybridized carbons (Fsp3) is 0.800. The molecule has 0 spiro atoms.